The highest BCUT2D eigenvalue weighted by Crippen LogP contribution is 2.30. The van der Waals surface area contributed by atoms with Gasteiger partial charge in [-0.2, -0.15) is 0 Å². The van der Waals surface area contributed by atoms with E-state index in [0.717, 1.165) is 0 Å². The summed E-state index contributed by atoms with van der Waals surface area (Å²) in [5, 5.41) is 0. The molecule has 2 heterocycles. The first kappa shape index (κ1) is 16.1. The van der Waals surface area contributed by atoms with Crippen LogP contribution in [-0.4, -0.2) is 50.3 Å². The van der Waals surface area contributed by atoms with Crippen molar-refractivity contribution in [3.63, 3.8) is 0 Å². The summed E-state index contributed by atoms with van der Waals surface area (Å²) < 4.78 is 24.5. The Labute approximate surface area is 136 Å². The van der Waals surface area contributed by atoms with Gasteiger partial charge in [-0.1, -0.05) is 12.1 Å². The minimum atomic E-state index is -3.19. The molecule has 1 aromatic rings. The normalized spacial score (nSPS) is 20.4. The van der Waals surface area contributed by atoms with Crippen molar-refractivity contribution in [2.24, 2.45) is 5.92 Å². The molecule has 23 heavy (non-hydrogen) atoms. The standard InChI is InChI=1S/C16H20N2O4S/c1-23(21,22)17-9-6-12(7-10-17)16(20)18-11-8-15(19)13-4-2-3-5-14(13)18/h2-5,12H,6-11H2,1H3. The van der Waals surface area contributed by atoms with Crippen LogP contribution in [0.15, 0.2) is 24.3 Å². The van der Waals surface area contributed by atoms with Crippen LogP contribution >= 0.6 is 0 Å². The molecule has 0 N–H and O–H groups in total. The molecular weight excluding hydrogens is 316 g/mol. The molecule has 2 aliphatic rings. The topological polar surface area (TPSA) is 74.8 Å². The number of para-hydroxylation sites is 1. The number of carbonyl (C=O) groups is 2. The fourth-order valence-corrected chi connectivity index (χ4v) is 4.17. The molecule has 2 aliphatic heterocycles. The van der Waals surface area contributed by atoms with Gasteiger partial charge in [0, 0.05) is 37.5 Å². The number of anilines is 1. The van der Waals surface area contributed by atoms with Gasteiger partial charge < -0.3 is 4.90 Å². The zero-order valence-corrected chi connectivity index (χ0v) is 13.9. The third kappa shape index (κ3) is 3.16. The second-order valence-corrected chi connectivity index (χ2v) is 8.10. The van der Waals surface area contributed by atoms with Crippen LogP contribution < -0.4 is 4.90 Å². The van der Waals surface area contributed by atoms with Gasteiger partial charge in [0.25, 0.3) is 0 Å². The third-order valence-corrected chi connectivity index (χ3v) is 5.90. The average Bonchev–Trinajstić information content (AvgIpc) is 2.54. The number of fused-ring (bicyclic) bond motifs is 1. The molecule has 0 radical (unpaired) electrons. The minimum Gasteiger partial charge on any atom is -0.311 e. The highest BCUT2D eigenvalue weighted by atomic mass is 32.2. The molecular formula is C16H20N2O4S. The molecule has 1 amide bonds. The first-order chi connectivity index (χ1) is 10.9. The number of ketones is 1. The van der Waals surface area contributed by atoms with Crippen molar-refractivity contribution in [2.45, 2.75) is 19.3 Å². The maximum absolute atomic E-state index is 12.8. The van der Waals surface area contributed by atoms with Crippen LogP contribution in [0.2, 0.25) is 0 Å². The molecule has 0 spiro atoms. The van der Waals surface area contributed by atoms with Crippen molar-refractivity contribution >= 4 is 27.4 Å². The lowest BCUT2D eigenvalue weighted by molar-refractivity contribution is -0.123. The summed E-state index contributed by atoms with van der Waals surface area (Å²) in [6.45, 7) is 1.16. The van der Waals surface area contributed by atoms with Gasteiger partial charge in [0.15, 0.2) is 5.78 Å². The Morgan fingerprint density at radius 3 is 2.43 bits per heavy atom. The molecule has 3 rings (SSSR count). The largest absolute Gasteiger partial charge is 0.311 e. The average molecular weight is 336 g/mol. The quantitative estimate of drug-likeness (QED) is 0.815. The summed E-state index contributed by atoms with van der Waals surface area (Å²) in [6, 6.07) is 7.18. The number of Topliss-reactive ketones (excluding diaryl/α,β-unsaturated/α-hetero) is 1. The SMILES string of the molecule is CS(=O)(=O)N1CCC(C(=O)N2CCC(=O)c3ccccc32)CC1. The van der Waals surface area contributed by atoms with Crippen LogP contribution in [0.3, 0.4) is 0 Å². The minimum absolute atomic E-state index is 0.00176. The summed E-state index contributed by atoms with van der Waals surface area (Å²) in [5.41, 5.74) is 1.28. The molecule has 1 fully saturated rings. The first-order valence-corrected chi connectivity index (χ1v) is 9.61. The molecule has 0 bridgehead atoms. The van der Waals surface area contributed by atoms with Gasteiger partial charge in [-0.15, -0.1) is 0 Å². The van der Waals surface area contributed by atoms with Gasteiger partial charge in [-0.05, 0) is 25.0 Å². The van der Waals surface area contributed by atoms with E-state index in [1.165, 1.54) is 10.6 Å². The molecule has 0 aliphatic carbocycles. The van der Waals surface area contributed by atoms with Crippen molar-refractivity contribution in [3.05, 3.63) is 29.8 Å². The lowest BCUT2D eigenvalue weighted by atomic mass is 9.93. The van der Waals surface area contributed by atoms with Gasteiger partial charge in [0.05, 0.1) is 11.9 Å². The Kier molecular flexibility index (Phi) is 4.25. The van der Waals surface area contributed by atoms with E-state index >= 15 is 0 Å². The van der Waals surface area contributed by atoms with Gasteiger partial charge in [0.1, 0.15) is 0 Å². The number of benzene rings is 1. The number of piperidine rings is 1. The van der Waals surface area contributed by atoms with E-state index in [2.05, 4.69) is 0 Å². The Balaban J connectivity index is 1.75. The van der Waals surface area contributed by atoms with Crippen LogP contribution in [-0.2, 0) is 14.8 Å². The molecule has 0 saturated carbocycles. The van der Waals surface area contributed by atoms with E-state index in [4.69, 9.17) is 0 Å². The zero-order valence-electron chi connectivity index (χ0n) is 13.1. The number of hydrogen-bond acceptors (Lipinski definition) is 4. The molecule has 0 unspecified atom stereocenters. The van der Waals surface area contributed by atoms with Gasteiger partial charge in [-0.3, -0.25) is 9.59 Å². The molecule has 7 heteroatoms. The maximum Gasteiger partial charge on any atom is 0.230 e. The Morgan fingerprint density at radius 1 is 1.13 bits per heavy atom. The number of rotatable bonds is 2. The Hall–Kier alpha value is -1.73. The van der Waals surface area contributed by atoms with Crippen molar-refractivity contribution in [2.75, 3.05) is 30.8 Å². The van der Waals surface area contributed by atoms with E-state index in [1.807, 2.05) is 6.07 Å². The summed E-state index contributed by atoms with van der Waals surface area (Å²) >= 11 is 0. The molecule has 6 nitrogen and oxygen atoms in total. The van der Waals surface area contributed by atoms with Crippen LogP contribution in [0.4, 0.5) is 5.69 Å². The third-order valence-electron chi connectivity index (χ3n) is 4.60. The Morgan fingerprint density at radius 2 is 1.78 bits per heavy atom. The van der Waals surface area contributed by atoms with E-state index in [9.17, 15) is 18.0 Å². The summed E-state index contributed by atoms with van der Waals surface area (Å²) in [6.07, 6.45) is 2.59. The van der Waals surface area contributed by atoms with Crippen LogP contribution in [0, 0.1) is 5.92 Å². The highest BCUT2D eigenvalue weighted by molar-refractivity contribution is 7.88. The van der Waals surface area contributed by atoms with Crippen molar-refractivity contribution < 1.29 is 18.0 Å². The molecule has 1 saturated heterocycles. The fourth-order valence-electron chi connectivity index (χ4n) is 3.30. The second kappa shape index (κ2) is 6.05. The molecule has 0 aromatic heterocycles. The number of amides is 1. The van der Waals surface area contributed by atoms with E-state index < -0.39 is 10.0 Å². The number of carbonyl (C=O) groups excluding carboxylic acids is 2. The Bertz CT molecular complexity index is 736. The summed E-state index contributed by atoms with van der Waals surface area (Å²) in [5.74, 6) is -0.121. The molecule has 1 aromatic carbocycles. The monoisotopic (exact) mass is 336 g/mol. The predicted molar refractivity (Wildman–Crippen MR) is 86.9 cm³/mol. The number of hydrogen-bond donors (Lipinski definition) is 0. The van der Waals surface area contributed by atoms with Crippen molar-refractivity contribution in [3.8, 4) is 0 Å². The van der Waals surface area contributed by atoms with Crippen molar-refractivity contribution in [1.29, 1.82) is 0 Å². The van der Waals surface area contributed by atoms with E-state index in [0.29, 0.717) is 50.1 Å². The van der Waals surface area contributed by atoms with Crippen LogP contribution in [0.5, 0.6) is 0 Å². The van der Waals surface area contributed by atoms with E-state index in [1.54, 1.807) is 23.1 Å². The predicted octanol–water partition coefficient (Wildman–Crippen LogP) is 1.28. The fraction of sp³-hybridized carbons (Fsp3) is 0.500. The summed E-state index contributed by atoms with van der Waals surface area (Å²) in [7, 11) is -3.19. The van der Waals surface area contributed by atoms with Gasteiger partial charge >= 0.3 is 0 Å². The van der Waals surface area contributed by atoms with Crippen molar-refractivity contribution in [1.82, 2.24) is 4.31 Å². The van der Waals surface area contributed by atoms with Gasteiger partial charge in [-0.25, -0.2) is 12.7 Å². The highest BCUT2D eigenvalue weighted by Gasteiger charge is 2.34. The second-order valence-electron chi connectivity index (χ2n) is 6.12. The lowest BCUT2D eigenvalue weighted by Crippen LogP contribution is -2.46. The van der Waals surface area contributed by atoms with Gasteiger partial charge in [0.2, 0.25) is 15.9 Å². The molecule has 124 valence electrons. The lowest BCUT2D eigenvalue weighted by Gasteiger charge is -2.35. The zero-order chi connectivity index (χ0) is 16.6. The number of sulfonamides is 1. The van der Waals surface area contributed by atoms with Crippen LogP contribution in [0.1, 0.15) is 29.6 Å². The van der Waals surface area contributed by atoms with Crippen LogP contribution in [0.25, 0.3) is 0 Å². The first-order valence-electron chi connectivity index (χ1n) is 7.76. The maximum atomic E-state index is 12.8. The smallest absolute Gasteiger partial charge is 0.230 e. The summed E-state index contributed by atoms with van der Waals surface area (Å²) in [4.78, 5) is 26.5. The van der Waals surface area contributed by atoms with E-state index in [-0.39, 0.29) is 17.6 Å². The number of nitrogens with zero attached hydrogens (tertiary/aromatic N) is 2. The molecule has 0 atom stereocenters.